The Morgan fingerprint density at radius 2 is 0.952 bits per heavy atom. The molecule has 5 heteroatoms. The number of hydrogen-bond donors (Lipinski definition) is 2. The molecule has 6 heterocycles. The van der Waals surface area contributed by atoms with Gasteiger partial charge in [0.2, 0.25) is 0 Å². The van der Waals surface area contributed by atoms with Gasteiger partial charge in [0.15, 0.2) is 0 Å². The maximum Gasteiger partial charge on any atom is 0.137 e. The van der Waals surface area contributed by atoms with Gasteiger partial charge < -0.3 is 14.4 Å². The van der Waals surface area contributed by atoms with E-state index in [-0.39, 0.29) is 0 Å². The van der Waals surface area contributed by atoms with Crippen molar-refractivity contribution in [1.29, 1.82) is 0 Å². The van der Waals surface area contributed by atoms with E-state index in [4.69, 9.17) is 14.4 Å². The fourth-order valence-corrected chi connectivity index (χ4v) is 10.4. The molecule has 316 valence electrons. The number of nitrogens with zero attached hydrogens (tertiary/aromatic N) is 2. The zero-order valence-electron chi connectivity index (χ0n) is 37.7. The average molecular weight is 827 g/mol. The van der Waals surface area contributed by atoms with Crippen LogP contribution in [0.1, 0.15) is 136 Å². The summed E-state index contributed by atoms with van der Waals surface area (Å²) in [7, 11) is 0. The molecule has 2 aliphatic rings. The molecule has 10 bridgehead atoms. The molecule has 63 heavy (non-hydrogen) atoms. The van der Waals surface area contributed by atoms with Crippen molar-refractivity contribution in [2.75, 3.05) is 0 Å². The first kappa shape index (κ1) is 40.6. The molecule has 2 unspecified atom stereocenters. The number of H-pyrrole nitrogens is 2. The van der Waals surface area contributed by atoms with Crippen LogP contribution in [0.25, 0.3) is 101 Å². The van der Waals surface area contributed by atoms with E-state index in [1.807, 2.05) is 0 Å². The summed E-state index contributed by atoms with van der Waals surface area (Å²) in [5, 5.41) is 5.29. The molecule has 0 spiro atoms. The van der Waals surface area contributed by atoms with Crippen LogP contribution in [0, 0.1) is 13.8 Å². The Morgan fingerprint density at radius 3 is 1.35 bits per heavy atom. The zero-order chi connectivity index (χ0) is 43.2. The third-order valence-corrected chi connectivity index (χ3v) is 13.7. The van der Waals surface area contributed by atoms with Gasteiger partial charge in [-0.15, -0.1) is 0 Å². The highest BCUT2D eigenvalue weighted by Crippen LogP contribution is 2.47. The summed E-state index contributed by atoms with van der Waals surface area (Å²) in [5.41, 5.74) is 19.0. The molecule has 2 N–H and O–H groups in total. The highest BCUT2D eigenvalue weighted by molar-refractivity contribution is 6.28. The molecule has 0 radical (unpaired) electrons. The molecule has 5 nitrogen and oxygen atoms in total. The summed E-state index contributed by atoms with van der Waals surface area (Å²) < 4.78 is 7.02. The normalized spacial score (nSPS) is 13.5. The summed E-state index contributed by atoms with van der Waals surface area (Å²) in [5.74, 6) is 0.766. The van der Waals surface area contributed by atoms with E-state index < -0.39 is 0 Å². The number of benzene rings is 4. The standard InChI is InChI=1S/C58H58N4O/c1-7-11-15-37(9-3)53-47-33-41-27-29-45(59-41)51(39-23-19-35(5)20-24-39)49-31-32-50(63-49)52(40-25-21-36(6)22-26-40)46-30-28-42(60-46)34-48-54(38(10-4)16-12-8-2)56-44-18-14-13-17-43(44)55(53)57(61-47)58(56)62-48/h13-14,17-34,37-38,61-62H,7-12,15-16H2,1-6H3. The molecule has 0 aliphatic carbocycles. The third kappa shape index (κ3) is 7.31. The van der Waals surface area contributed by atoms with Crippen molar-refractivity contribution in [3.63, 3.8) is 0 Å². The second-order valence-electron chi connectivity index (χ2n) is 17.9. The van der Waals surface area contributed by atoms with Gasteiger partial charge in [-0.05, 0) is 133 Å². The number of nitrogens with one attached hydrogen (secondary N) is 2. The lowest BCUT2D eigenvalue weighted by Crippen LogP contribution is -1.99. The number of aryl methyl sites for hydroxylation is 2. The fraction of sp³-hybridized carbons (Fsp3) is 0.276. The molecule has 0 fully saturated rings. The monoisotopic (exact) mass is 826 g/mol. The van der Waals surface area contributed by atoms with Crippen LogP contribution >= 0.6 is 0 Å². The van der Waals surface area contributed by atoms with Gasteiger partial charge in [0.25, 0.3) is 0 Å². The molecule has 8 aromatic rings. The Hall–Kier alpha value is -6.46. The van der Waals surface area contributed by atoms with E-state index in [0.29, 0.717) is 11.8 Å². The van der Waals surface area contributed by atoms with Crippen molar-refractivity contribution < 1.29 is 4.42 Å². The minimum Gasteiger partial charge on any atom is -0.456 e. The van der Waals surface area contributed by atoms with Crippen molar-refractivity contribution in [3.8, 4) is 22.3 Å². The number of furan rings is 1. The first-order valence-electron chi connectivity index (χ1n) is 23.4. The topological polar surface area (TPSA) is 70.5 Å². The smallest absolute Gasteiger partial charge is 0.137 e. The first-order chi connectivity index (χ1) is 30.9. The van der Waals surface area contributed by atoms with E-state index in [9.17, 15) is 0 Å². The van der Waals surface area contributed by atoms with Gasteiger partial charge in [0.1, 0.15) is 11.2 Å². The van der Waals surface area contributed by atoms with Gasteiger partial charge in [-0.1, -0.05) is 137 Å². The minimum atomic E-state index is 0.383. The lowest BCUT2D eigenvalue weighted by Gasteiger charge is -2.17. The molecule has 4 aromatic heterocycles. The summed E-state index contributed by atoms with van der Waals surface area (Å²) in [6.07, 6.45) is 17.7. The minimum absolute atomic E-state index is 0.383. The largest absolute Gasteiger partial charge is 0.456 e. The van der Waals surface area contributed by atoms with Gasteiger partial charge in [0, 0.05) is 21.8 Å². The molecule has 4 aromatic carbocycles. The Balaban J connectivity index is 1.41. The first-order valence-corrected chi connectivity index (χ1v) is 23.4. The van der Waals surface area contributed by atoms with Gasteiger partial charge in [-0.2, -0.15) is 0 Å². The fourth-order valence-electron chi connectivity index (χ4n) is 10.4. The number of fused-ring (bicyclic) bond motifs is 11. The Labute approximate surface area is 371 Å². The van der Waals surface area contributed by atoms with E-state index >= 15 is 0 Å². The second-order valence-corrected chi connectivity index (χ2v) is 17.9. The molecule has 2 atom stereocenters. The van der Waals surface area contributed by atoms with Gasteiger partial charge in [-0.25, -0.2) is 9.97 Å². The van der Waals surface area contributed by atoms with Crippen molar-refractivity contribution >= 4 is 79.1 Å². The summed E-state index contributed by atoms with van der Waals surface area (Å²) in [4.78, 5) is 19.0. The Bertz CT molecular complexity index is 3030. The molecule has 10 rings (SSSR count). The van der Waals surface area contributed by atoms with Crippen molar-refractivity contribution in [1.82, 2.24) is 19.9 Å². The van der Waals surface area contributed by atoms with Crippen LogP contribution in [0.2, 0.25) is 0 Å². The lowest BCUT2D eigenvalue weighted by atomic mass is 9.85. The van der Waals surface area contributed by atoms with Crippen LogP contribution in [-0.4, -0.2) is 19.9 Å². The molecular formula is C58H58N4O. The lowest BCUT2D eigenvalue weighted by molar-refractivity contribution is 0.576. The quantitative estimate of drug-likeness (QED) is 0.129. The summed E-state index contributed by atoms with van der Waals surface area (Å²) in [6.45, 7) is 13.6. The Kier molecular flexibility index (Phi) is 11.0. The molecule has 0 saturated carbocycles. The molecule has 2 aliphatic heterocycles. The van der Waals surface area contributed by atoms with Gasteiger partial charge in [-0.3, -0.25) is 0 Å². The average Bonchev–Trinajstić information content (AvgIpc) is 4.16. The van der Waals surface area contributed by atoms with Crippen LogP contribution < -0.4 is 0 Å². The highest BCUT2D eigenvalue weighted by Gasteiger charge is 2.27. The SMILES string of the molecule is CCCCC(CC)c1c2cc3nc(c(-c4ccc(C)cc4)c4ccc(o4)c(-c4ccc(C)cc4)c4nc(cc5[nH]c6c([nH]2)c1c1ccccc1c6c5C(CC)CCCC)C=C4)C=C3. The maximum atomic E-state index is 7.02. The van der Waals surface area contributed by atoms with Gasteiger partial charge in [0.05, 0.1) is 44.9 Å². The predicted molar refractivity (Wildman–Crippen MR) is 269 cm³/mol. The van der Waals surface area contributed by atoms with Crippen molar-refractivity contribution in [2.45, 2.75) is 105 Å². The number of rotatable bonds is 12. The van der Waals surface area contributed by atoms with E-state index in [0.717, 1.165) is 92.9 Å². The van der Waals surface area contributed by atoms with Crippen LogP contribution in [-0.2, 0) is 0 Å². The number of aromatic nitrogens is 4. The number of aromatic amines is 2. The zero-order valence-corrected chi connectivity index (χ0v) is 37.7. The highest BCUT2D eigenvalue weighted by atomic mass is 16.3. The maximum absolute atomic E-state index is 7.02. The van der Waals surface area contributed by atoms with Crippen LogP contribution in [0.5, 0.6) is 0 Å². The number of hydrogen-bond acceptors (Lipinski definition) is 3. The Morgan fingerprint density at radius 1 is 0.524 bits per heavy atom. The second kappa shape index (κ2) is 17.0. The van der Waals surface area contributed by atoms with E-state index in [2.05, 4.69) is 173 Å². The van der Waals surface area contributed by atoms with Crippen molar-refractivity contribution in [2.24, 2.45) is 0 Å². The molecular weight excluding hydrogens is 769 g/mol. The van der Waals surface area contributed by atoms with Gasteiger partial charge >= 0.3 is 0 Å². The van der Waals surface area contributed by atoms with E-state index in [1.54, 1.807) is 0 Å². The van der Waals surface area contributed by atoms with Crippen LogP contribution in [0.15, 0.2) is 101 Å². The summed E-state index contributed by atoms with van der Waals surface area (Å²) >= 11 is 0. The van der Waals surface area contributed by atoms with Crippen molar-refractivity contribution in [3.05, 3.63) is 142 Å². The van der Waals surface area contributed by atoms with Crippen LogP contribution in [0.4, 0.5) is 0 Å². The summed E-state index contributed by atoms with van der Waals surface area (Å²) in [6, 6.07) is 35.4. The molecule has 0 amide bonds. The van der Waals surface area contributed by atoms with E-state index in [1.165, 1.54) is 80.5 Å². The van der Waals surface area contributed by atoms with Crippen LogP contribution in [0.3, 0.4) is 0 Å². The predicted octanol–water partition coefficient (Wildman–Crippen LogP) is 17.0. The molecule has 0 saturated heterocycles. The third-order valence-electron chi connectivity index (χ3n) is 13.7. The number of unbranched alkanes of at least 4 members (excludes halogenated alkanes) is 2.